The third-order valence-electron chi connectivity index (χ3n) is 5.64. The number of hydrogen-bond acceptors (Lipinski definition) is 5. The molecule has 1 fully saturated rings. The minimum Gasteiger partial charge on any atom is -0.380 e. The van der Waals surface area contributed by atoms with Crippen LogP contribution in [0.4, 0.5) is 5.69 Å². The van der Waals surface area contributed by atoms with Crippen LogP contribution in [0.25, 0.3) is 0 Å². The Bertz CT molecular complexity index is 902. The predicted molar refractivity (Wildman–Crippen MR) is 121 cm³/mol. The van der Waals surface area contributed by atoms with Gasteiger partial charge in [-0.15, -0.1) is 0 Å². The fourth-order valence-corrected chi connectivity index (χ4v) is 5.04. The number of carbonyl (C=O) groups is 1. The van der Waals surface area contributed by atoms with E-state index in [1.165, 1.54) is 5.56 Å². The van der Waals surface area contributed by atoms with E-state index < -0.39 is 0 Å². The average molecular weight is 451 g/mol. The minimum absolute atomic E-state index is 0.109. The molecule has 4 rings (SSSR count). The van der Waals surface area contributed by atoms with Crippen molar-refractivity contribution in [2.24, 2.45) is 5.92 Å². The summed E-state index contributed by atoms with van der Waals surface area (Å²) in [4.78, 5) is 18.8. The Balaban J connectivity index is 1.31. The molecule has 2 aliphatic rings. The van der Waals surface area contributed by atoms with Crippen LogP contribution in [0, 0.1) is 5.92 Å². The van der Waals surface area contributed by atoms with Crippen LogP contribution < -0.4 is 5.32 Å². The first kappa shape index (κ1) is 20.8. The van der Waals surface area contributed by atoms with Gasteiger partial charge in [0.05, 0.1) is 40.1 Å². The average Bonchev–Trinajstić information content (AvgIpc) is 3.09. The van der Waals surface area contributed by atoms with Gasteiger partial charge in [-0.05, 0) is 48.4 Å². The molecule has 1 unspecified atom stereocenters. The molecule has 2 heterocycles. The number of nitrogens with one attached hydrogen (secondary N) is 1. The molecule has 0 spiro atoms. The van der Waals surface area contributed by atoms with Crippen LogP contribution in [0.5, 0.6) is 0 Å². The number of anilines is 1. The molecule has 2 aromatic rings. The van der Waals surface area contributed by atoms with Gasteiger partial charge in [0.15, 0.2) is 0 Å². The molecule has 29 heavy (non-hydrogen) atoms. The van der Waals surface area contributed by atoms with Gasteiger partial charge < -0.3 is 10.2 Å². The predicted octanol–water partition coefficient (Wildman–Crippen LogP) is 4.14. The maximum Gasteiger partial charge on any atom is 0.228 e. The quantitative estimate of drug-likeness (QED) is 0.670. The first-order valence-corrected chi connectivity index (χ1v) is 11.6. The van der Waals surface area contributed by atoms with Crippen molar-refractivity contribution in [3.8, 4) is 0 Å². The third kappa shape index (κ3) is 4.50. The van der Waals surface area contributed by atoms with Crippen molar-refractivity contribution in [1.29, 1.82) is 0 Å². The topological polar surface area (TPSA) is 48.5 Å². The zero-order valence-electron chi connectivity index (χ0n) is 16.5. The molecule has 1 amide bonds. The second-order valence-corrected chi connectivity index (χ2v) is 9.37. The van der Waals surface area contributed by atoms with Gasteiger partial charge in [-0.2, -0.15) is 0 Å². The van der Waals surface area contributed by atoms with Crippen molar-refractivity contribution in [2.75, 3.05) is 31.7 Å². The third-order valence-corrected chi connectivity index (χ3v) is 7.29. The van der Waals surface area contributed by atoms with Crippen molar-refractivity contribution in [1.82, 2.24) is 14.2 Å². The van der Waals surface area contributed by atoms with Crippen LogP contribution in [0.3, 0.4) is 0 Å². The van der Waals surface area contributed by atoms with Crippen molar-refractivity contribution >= 4 is 46.7 Å². The summed E-state index contributed by atoms with van der Waals surface area (Å²) < 4.78 is 2.19. The number of benzene rings is 1. The molecule has 8 heteroatoms. The first-order valence-electron chi connectivity index (χ1n) is 9.66. The number of fused-ring (bicyclic) bond motifs is 1. The van der Waals surface area contributed by atoms with Crippen LogP contribution in [-0.4, -0.2) is 52.5 Å². The SMILES string of the molecule is CSN1CC(C(=O)N(C)Cc2ccc(NC3Cc4ccc(Cl)c(Cl)c4C3)cn2)C1. The number of amides is 1. The number of hydrogen-bond donors (Lipinski definition) is 1. The molecule has 0 bridgehead atoms. The molecule has 154 valence electrons. The zero-order valence-corrected chi connectivity index (χ0v) is 18.8. The summed E-state index contributed by atoms with van der Waals surface area (Å²) in [5.41, 5.74) is 4.24. The number of pyridine rings is 1. The van der Waals surface area contributed by atoms with Crippen LogP contribution in [0.15, 0.2) is 30.5 Å². The monoisotopic (exact) mass is 450 g/mol. The molecule has 1 aliphatic carbocycles. The van der Waals surface area contributed by atoms with Crippen molar-refractivity contribution in [3.63, 3.8) is 0 Å². The largest absolute Gasteiger partial charge is 0.380 e. The van der Waals surface area contributed by atoms with E-state index in [-0.39, 0.29) is 17.9 Å². The van der Waals surface area contributed by atoms with Crippen LogP contribution in [-0.2, 0) is 24.2 Å². The lowest BCUT2D eigenvalue weighted by Gasteiger charge is -2.38. The van der Waals surface area contributed by atoms with Crippen molar-refractivity contribution in [2.45, 2.75) is 25.4 Å². The Morgan fingerprint density at radius 2 is 2.07 bits per heavy atom. The van der Waals surface area contributed by atoms with Gasteiger partial charge in [-0.3, -0.25) is 9.78 Å². The summed E-state index contributed by atoms with van der Waals surface area (Å²) in [6, 6.07) is 8.20. The highest BCUT2D eigenvalue weighted by atomic mass is 35.5. The first-order chi connectivity index (χ1) is 13.9. The van der Waals surface area contributed by atoms with Crippen LogP contribution >= 0.6 is 35.1 Å². The van der Waals surface area contributed by atoms with Gasteiger partial charge in [-0.25, -0.2) is 4.31 Å². The Labute approximate surface area is 185 Å². The number of aromatic nitrogens is 1. The van der Waals surface area contributed by atoms with E-state index >= 15 is 0 Å². The smallest absolute Gasteiger partial charge is 0.228 e. The van der Waals surface area contributed by atoms with E-state index in [0.29, 0.717) is 16.6 Å². The molecule has 1 atom stereocenters. The van der Waals surface area contributed by atoms with E-state index in [9.17, 15) is 4.79 Å². The maximum atomic E-state index is 12.5. The van der Waals surface area contributed by atoms with Crippen LogP contribution in [0.2, 0.25) is 10.0 Å². The van der Waals surface area contributed by atoms with Gasteiger partial charge in [-0.1, -0.05) is 41.2 Å². The molecular formula is C21H24Cl2N4OS. The van der Waals surface area contributed by atoms with Gasteiger partial charge in [0, 0.05) is 26.2 Å². The highest BCUT2D eigenvalue weighted by Gasteiger charge is 2.34. The molecule has 0 saturated carbocycles. The van der Waals surface area contributed by atoms with Gasteiger partial charge in [0.2, 0.25) is 5.91 Å². The van der Waals surface area contributed by atoms with Gasteiger partial charge >= 0.3 is 0 Å². The second-order valence-electron chi connectivity index (χ2n) is 7.71. The summed E-state index contributed by atoms with van der Waals surface area (Å²) in [7, 11) is 1.85. The molecule has 1 aromatic carbocycles. The Morgan fingerprint density at radius 3 is 2.76 bits per heavy atom. The highest BCUT2D eigenvalue weighted by Crippen LogP contribution is 2.35. The minimum atomic E-state index is 0.109. The lowest BCUT2D eigenvalue weighted by molar-refractivity contribution is -0.138. The molecule has 1 N–H and O–H groups in total. The number of nitrogens with zero attached hydrogens (tertiary/aromatic N) is 3. The van der Waals surface area contributed by atoms with Crippen molar-refractivity contribution in [3.05, 3.63) is 57.3 Å². The lowest BCUT2D eigenvalue weighted by atomic mass is 10.0. The molecule has 1 aliphatic heterocycles. The fourth-order valence-electron chi connectivity index (χ4n) is 3.95. The summed E-state index contributed by atoms with van der Waals surface area (Å²) in [5.74, 6) is 0.302. The number of carbonyl (C=O) groups excluding carboxylic acids is 1. The Kier molecular flexibility index (Phi) is 6.25. The van der Waals surface area contributed by atoms with E-state index in [1.807, 2.05) is 37.7 Å². The van der Waals surface area contributed by atoms with Gasteiger partial charge in [0.1, 0.15) is 0 Å². The molecule has 1 aromatic heterocycles. The zero-order chi connectivity index (χ0) is 20.5. The maximum absolute atomic E-state index is 12.5. The van der Waals surface area contributed by atoms with Gasteiger partial charge in [0.25, 0.3) is 0 Å². The standard InChI is InChI=1S/C21H24Cl2N4OS/c1-26(21(28)14-10-27(11-14)29-2)12-16-5-4-15(9-24-16)25-17-7-13-3-6-19(22)20(23)18(13)8-17/h3-6,9,14,17,25H,7-8,10-12H2,1-2H3. The Hall–Kier alpha value is -1.47. The van der Waals surface area contributed by atoms with E-state index in [1.54, 1.807) is 16.8 Å². The fraction of sp³-hybridized carbons (Fsp3) is 0.429. The van der Waals surface area contributed by atoms with E-state index in [0.717, 1.165) is 42.9 Å². The Morgan fingerprint density at radius 1 is 1.28 bits per heavy atom. The molecular weight excluding hydrogens is 427 g/mol. The lowest BCUT2D eigenvalue weighted by Crippen LogP contribution is -2.50. The summed E-state index contributed by atoms with van der Waals surface area (Å²) >= 11 is 14.2. The summed E-state index contributed by atoms with van der Waals surface area (Å²) in [6.07, 6.45) is 5.64. The summed E-state index contributed by atoms with van der Waals surface area (Å²) in [6.45, 7) is 2.19. The molecule has 0 radical (unpaired) electrons. The van der Waals surface area contributed by atoms with Crippen molar-refractivity contribution < 1.29 is 4.79 Å². The highest BCUT2D eigenvalue weighted by molar-refractivity contribution is 7.96. The molecule has 1 saturated heterocycles. The summed E-state index contributed by atoms with van der Waals surface area (Å²) in [5, 5.41) is 4.81. The van der Waals surface area contributed by atoms with Crippen LogP contribution in [0.1, 0.15) is 16.8 Å². The number of rotatable bonds is 6. The second kappa shape index (κ2) is 8.72. The number of halogens is 2. The normalized spacial score (nSPS) is 19.0. The van der Waals surface area contributed by atoms with E-state index in [4.69, 9.17) is 23.2 Å². The molecule has 5 nitrogen and oxygen atoms in total. The van der Waals surface area contributed by atoms with E-state index in [2.05, 4.69) is 20.7 Å².